The highest BCUT2D eigenvalue weighted by atomic mass is 79.9. The topological polar surface area (TPSA) is 59.8 Å². The molecule has 1 aromatic heterocycles. The van der Waals surface area contributed by atoms with Crippen LogP contribution in [0.25, 0.3) is 0 Å². The van der Waals surface area contributed by atoms with E-state index in [-0.39, 0.29) is 24.2 Å². The van der Waals surface area contributed by atoms with Gasteiger partial charge in [-0.15, -0.1) is 0 Å². The summed E-state index contributed by atoms with van der Waals surface area (Å²) in [6.07, 6.45) is 0. The second-order valence-electron chi connectivity index (χ2n) is 5.20. The van der Waals surface area contributed by atoms with Gasteiger partial charge in [0.25, 0.3) is 5.91 Å². The largest absolute Gasteiger partial charge is 0.469 e. The van der Waals surface area contributed by atoms with Gasteiger partial charge in [-0.25, -0.2) is 0 Å². The van der Waals surface area contributed by atoms with Crippen LogP contribution in [0.2, 0.25) is 0 Å². The molecule has 0 bridgehead atoms. The van der Waals surface area contributed by atoms with Crippen LogP contribution in [0.5, 0.6) is 0 Å². The number of ether oxygens (including phenoxy) is 1. The number of methoxy groups -OCH3 is 1. The van der Waals surface area contributed by atoms with Crippen LogP contribution in [0, 0.1) is 5.92 Å². The number of hydrogen-bond acceptors (Lipinski definition) is 4. The Hall–Kier alpha value is -2.08. The molecular weight excluding hydrogens is 362 g/mol. The zero-order valence-corrected chi connectivity index (χ0v) is 14.6. The summed E-state index contributed by atoms with van der Waals surface area (Å²) < 4.78 is 10.6. The fourth-order valence-electron chi connectivity index (χ4n) is 2.21. The Balaban J connectivity index is 2.19. The predicted octanol–water partition coefficient (Wildman–Crippen LogP) is 3.49. The Morgan fingerprint density at radius 2 is 1.91 bits per heavy atom. The smallest absolute Gasteiger partial charge is 0.310 e. The van der Waals surface area contributed by atoms with Crippen molar-refractivity contribution in [2.45, 2.75) is 13.5 Å². The van der Waals surface area contributed by atoms with Crippen molar-refractivity contribution in [3.8, 4) is 0 Å². The van der Waals surface area contributed by atoms with E-state index in [1.165, 1.54) is 7.11 Å². The zero-order valence-electron chi connectivity index (χ0n) is 13.0. The molecule has 0 fully saturated rings. The fourth-order valence-corrected chi connectivity index (χ4v) is 2.52. The summed E-state index contributed by atoms with van der Waals surface area (Å²) in [5.41, 5.74) is 0.975. The molecule has 5 nitrogen and oxygen atoms in total. The van der Waals surface area contributed by atoms with Crippen LogP contribution in [-0.2, 0) is 16.1 Å². The number of benzene rings is 1. The molecule has 1 heterocycles. The van der Waals surface area contributed by atoms with Gasteiger partial charge in [0.1, 0.15) is 0 Å². The molecule has 2 rings (SSSR count). The van der Waals surface area contributed by atoms with Crippen LogP contribution in [0.15, 0.2) is 51.6 Å². The number of halogens is 1. The van der Waals surface area contributed by atoms with E-state index in [1.54, 1.807) is 24.0 Å². The molecule has 6 heteroatoms. The molecule has 1 amide bonds. The Bertz CT molecular complexity index is 668. The summed E-state index contributed by atoms with van der Waals surface area (Å²) in [6, 6.07) is 12.9. The lowest BCUT2D eigenvalue weighted by Crippen LogP contribution is -2.36. The van der Waals surface area contributed by atoms with Gasteiger partial charge in [0.2, 0.25) is 0 Å². The first-order valence-corrected chi connectivity index (χ1v) is 7.97. The summed E-state index contributed by atoms with van der Waals surface area (Å²) in [5.74, 6) is -0.817. The van der Waals surface area contributed by atoms with Gasteiger partial charge in [0.15, 0.2) is 10.4 Å². The molecule has 23 heavy (non-hydrogen) atoms. The first-order valence-electron chi connectivity index (χ1n) is 7.17. The van der Waals surface area contributed by atoms with E-state index in [4.69, 9.17) is 9.15 Å². The number of amides is 1. The quantitative estimate of drug-likeness (QED) is 0.720. The number of carbonyl (C=O) groups is 2. The lowest BCUT2D eigenvalue weighted by molar-refractivity contribution is -0.145. The first-order chi connectivity index (χ1) is 11.0. The van der Waals surface area contributed by atoms with Gasteiger partial charge in [0.05, 0.1) is 13.0 Å². The fraction of sp³-hybridized carbons (Fsp3) is 0.294. The first kappa shape index (κ1) is 17.3. The Morgan fingerprint density at radius 3 is 2.48 bits per heavy atom. The summed E-state index contributed by atoms with van der Waals surface area (Å²) in [6.45, 7) is 2.37. The molecule has 0 N–H and O–H groups in total. The van der Waals surface area contributed by atoms with E-state index in [0.29, 0.717) is 11.2 Å². The van der Waals surface area contributed by atoms with Crippen molar-refractivity contribution in [3.63, 3.8) is 0 Å². The van der Waals surface area contributed by atoms with Crippen molar-refractivity contribution in [3.05, 3.63) is 58.5 Å². The van der Waals surface area contributed by atoms with E-state index >= 15 is 0 Å². The number of rotatable bonds is 6. The van der Waals surface area contributed by atoms with Gasteiger partial charge in [-0.3, -0.25) is 9.59 Å². The van der Waals surface area contributed by atoms with Crippen LogP contribution in [-0.4, -0.2) is 30.4 Å². The van der Waals surface area contributed by atoms with Crippen LogP contribution in [0.4, 0.5) is 0 Å². The van der Waals surface area contributed by atoms with Crippen molar-refractivity contribution >= 4 is 27.8 Å². The van der Waals surface area contributed by atoms with Crippen molar-refractivity contribution in [2.75, 3.05) is 13.7 Å². The van der Waals surface area contributed by atoms with Crippen LogP contribution in [0.3, 0.4) is 0 Å². The molecule has 122 valence electrons. The van der Waals surface area contributed by atoms with E-state index < -0.39 is 5.92 Å². The van der Waals surface area contributed by atoms with Gasteiger partial charge < -0.3 is 14.1 Å². The number of furan rings is 1. The van der Waals surface area contributed by atoms with E-state index in [2.05, 4.69) is 15.9 Å². The minimum Gasteiger partial charge on any atom is -0.469 e. The highest BCUT2D eigenvalue weighted by molar-refractivity contribution is 9.10. The van der Waals surface area contributed by atoms with E-state index in [9.17, 15) is 9.59 Å². The van der Waals surface area contributed by atoms with Crippen LogP contribution >= 0.6 is 15.9 Å². The second-order valence-corrected chi connectivity index (χ2v) is 5.98. The minimum atomic E-state index is -0.425. The number of hydrogen-bond donors (Lipinski definition) is 0. The monoisotopic (exact) mass is 379 g/mol. The maximum Gasteiger partial charge on any atom is 0.310 e. The maximum absolute atomic E-state index is 12.7. The van der Waals surface area contributed by atoms with E-state index in [0.717, 1.165) is 5.56 Å². The van der Waals surface area contributed by atoms with Crippen molar-refractivity contribution in [1.82, 2.24) is 4.90 Å². The molecule has 0 aliphatic rings. The normalized spacial score (nSPS) is 11.8. The molecule has 0 aliphatic heterocycles. The van der Waals surface area contributed by atoms with Crippen LogP contribution in [0.1, 0.15) is 23.0 Å². The lowest BCUT2D eigenvalue weighted by Gasteiger charge is -2.24. The summed E-state index contributed by atoms with van der Waals surface area (Å²) >= 11 is 3.19. The molecule has 0 spiro atoms. The summed E-state index contributed by atoms with van der Waals surface area (Å²) in [4.78, 5) is 25.9. The SMILES string of the molecule is COC(=O)C(C)CN(Cc1ccccc1)C(=O)c1ccc(Br)o1. The summed E-state index contributed by atoms with van der Waals surface area (Å²) in [5, 5.41) is 0. The van der Waals surface area contributed by atoms with Gasteiger partial charge >= 0.3 is 5.97 Å². The summed E-state index contributed by atoms with van der Waals surface area (Å²) in [7, 11) is 1.34. The van der Waals surface area contributed by atoms with Crippen molar-refractivity contribution in [1.29, 1.82) is 0 Å². The zero-order chi connectivity index (χ0) is 16.8. The number of esters is 1. The second kappa shape index (κ2) is 7.97. The third-order valence-electron chi connectivity index (χ3n) is 3.39. The molecule has 1 atom stereocenters. The van der Waals surface area contributed by atoms with Gasteiger partial charge in [-0.1, -0.05) is 37.3 Å². The third kappa shape index (κ3) is 4.69. The molecule has 0 radical (unpaired) electrons. The Kier molecular flexibility index (Phi) is 5.98. The molecule has 1 aromatic carbocycles. The number of nitrogens with zero attached hydrogens (tertiary/aromatic N) is 1. The predicted molar refractivity (Wildman–Crippen MR) is 88.8 cm³/mol. The van der Waals surface area contributed by atoms with Gasteiger partial charge in [-0.2, -0.15) is 0 Å². The molecule has 2 aromatic rings. The Morgan fingerprint density at radius 1 is 1.22 bits per heavy atom. The van der Waals surface area contributed by atoms with E-state index in [1.807, 2.05) is 30.3 Å². The maximum atomic E-state index is 12.7. The minimum absolute atomic E-state index is 0.227. The van der Waals surface area contributed by atoms with Crippen molar-refractivity contribution in [2.24, 2.45) is 5.92 Å². The lowest BCUT2D eigenvalue weighted by atomic mass is 10.1. The van der Waals surface area contributed by atoms with Gasteiger partial charge in [0, 0.05) is 13.1 Å². The average molecular weight is 380 g/mol. The molecule has 0 saturated heterocycles. The molecule has 0 saturated carbocycles. The van der Waals surface area contributed by atoms with Crippen molar-refractivity contribution < 1.29 is 18.7 Å². The highest BCUT2D eigenvalue weighted by Gasteiger charge is 2.24. The van der Waals surface area contributed by atoms with Crippen LogP contribution < -0.4 is 0 Å². The number of carbonyl (C=O) groups excluding carboxylic acids is 2. The third-order valence-corrected chi connectivity index (χ3v) is 3.81. The molecule has 1 unspecified atom stereocenters. The Labute approximate surface area is 143 Å². The molecular formula is C17H18BrNO4. The highest BCUT2D eigenvalue weighted by Crippen LogP contribution is 2.18. The molecule has 0 aliphatic carbocycles. The van der Waals surface area contributed by atoms with Gasteiger partial charge in [-0.05, 0) is 33.6 Å². The average Bonchev–Trinajstić information content (AvgIpc) is 3.00. The standard InChI is InChI=1S/C17H18BrNO4/c1-12(17(21)22-2)10-19(11-13-6-4-3-5-7-13)16(20)14-8-9-15(18)23-14/h3-9,12H,10-11H2,1-2H3.